The Hall–Kier alpha value is -3.66. The fraction of sp³-hybridized carbons (Fsp3) is 0.273. The zero-order valence-corrected chi connectivity index (χ0v) is 16.6. The van der Waals surface area contributed by atoms with Crippen LogP contribution < -0.4 is 10.2 Å². The highest BCUT2D eigenvalue weighted by molar-refractivity contribution is 5.94. The van der Waals surface area contributed by atoms with Crippen molar-refractivity contribution in [2.45, 2.75) is 39.3 Å². The van der Waals surface area contributed by atoms with Gasteiger partial charge >= 0.3 is 0 Å². The number of amides is 1. The summed E-state index contributed by atoms with van der Waals surface area (Å²) >= 11 is 0. The molecule has 2 atom stereocenters. The van der Waals surface area contributed by atoms with Crippen LogP contribution in [0.3, 0.4) is 0 Å². The Balaban J connectivity index is 1.75. The fourth-order valence-electron chi connectivity index (χ4n) is 3.91. The van der Waals surface area contributed by atoms with Gasteiger partial charge in [-0.3, -0.25) is 4.79 Å². The molecule has 0 saturated heterocycles. The first-order valence-electron chi connectivity index (χ1n) is 9.53. The second kappa shape index (κ2) is 7.40. The van der Waals surface area contributed by atoms with Crippen LogP contribution in [0.25, 0.3) is 5.69 Å². The van der Waals surface area contributed by atoms with E-state index in [1.165, 1.54) is 0 Å². The number of fused-ring (bicyclic) bond motifs is 1. The maximum atomic E-state index is 12.3. The summed E-state index contributed by atoms with van der Waals surface area (Å²) in [7, 11) is 0. The van der Waals surface area contributed by atoms with Crippen molar-refractivity contribution < 1.29 is 4.79 Å². The first-order chi connectivity index (χ1) is 14.0. The number of nitriles is 1. The van der Waals surface area contributed by atoms with Crippen molar-refractivity contribution in [2.24, 2.45) is 0 Å². The molecule has 3 heterocycles. The van der Waals surface area contributed by atoms with Crippen LogP contribution in [0.5, 0.6) is 0 Å². The Morgan fingerprint density at radius 2 is 2.10 bits per heavy atom. The van der Waals surface area contributed by atoms with Gasteiger partial charge in [0.05, 0.1) is 23.6 Å². The van der Waals surface area contributed by atoms with Gasteiger partial charge in [0.2, 0.25) is 5.91 Å². The Kier molecular flexibility index (Phi) is 4.77. The maximum Gasteiger partial charge on any atom is 0.224 e. The summed E-state index contributed by atoms with van der Waals surface area (Å²) in [6.07, 6.45) is 6.07. The number of nitrogens with zero attached hydrogens (tertiary/aromatic N) is 5. The molecule has 1 aliphatic rings. The number of aromatic nitrogens is 3. The molecule has 0 fully saturated rings. The van der Waals surface area contributed by atoms with E-state index in [-0.39, 0.29) is 18.0 Å². The number of benzene rings is 1. The molecule has 0 radical (unpaired) electrons. The van der Waals surface area contributed by atoms with Crippen LogP contribution in [0, 0.1) is 18.3 Å². The third-order valence-electron chi connectivity index (χ3n) is 5.23. The number of rotatable bonds is 3. The SMILES string of the molecule is CC(=O)N1c2ccc(-n3cnc(C)c3)cc2C(Nc2ccc(C#N)cn2)CC1C. The van der Waals surface area contributed by atoms with Crippen LogP contribution in [-0.4, -0.2) is 26.5 Å². The molecule has 29 heavy (non-hydrogen) atoms. The van der Waals surface area contributed by atoms with E-state index >= 15 is 0 Å². The maximum absolute atomic E-state index is 12.3. The van der Waals surface area contributed by atoms with Crippen LogP contribution >= 0.6 is 0 Å². The summed E-state index contributed by atoms with van der Waals surface area (Å²) in [4.78, 5) is 22.8. The van der Waals surface area contributed by atoms with Crippen LogP contribution in [0.1, 0.15) is 43.1 Å². The minimum absolute atomic E-state index is 0.0133. The third kappa shape index (κ3) is 3.57. The summed E-state index contributed by atoms with van der Waals surface area (Å²) in [6, 6.07) is 11.8. The van der Waals surface area contributed by atoms with Crippen molar-refractivity contribution >= 4 is 17.4 Å². The molecule has 4 rings (SSSR count). The van der Waals surface area contributed by atoms with E-state index in [0.29, 0.717) is 11.4 Å². The molecule has 2 aromatic heterocycles. The molecule has 146 valence electrons. The molecule has 7 nitrogen and oxygen atoms in total. The Bertz CT molecular complexity index is 1100. The van der Waals surface area contributed by atoms with Crippen LogP contribution in [-0.2, 0) is 4.79 Å². The fourth-order valence-corrected chi connectivity index (χ4v) is 3.91. The molecule has 7 heteroatoms. The van der Waals surface area contributed by atoms with Gasteiger partial charge in [-0.05, 0) is 50.6 Å². The zero-order valence-electron chi connectivity index (χ0n) is 16.6. The number of carbonyl (C=O) groups excluding carboxylic acids is 1. The number of imidazole rings is 1. The van der Waals surface area contributed by atoms with E-state index in [4.69, 9.17) is 5.26 Å². The first-order valence-corrected chi connectivity index (χ1v) is 9.53. The lowest BCUT2D eigenvalue weighted by Crippen LogP contribution is -2.43. The molecule has 1 amide bonds. The van der Waals surface area contributed by atoms with Crippen molar-refractivity contribution in [1.82, 2.24) is 14.5 Å². The summed E-state index contributed by atoms with van der Waals surface area (Å²) in [5.74, 6) is 0.729. The zero-order chi connectivity index (χ0) is 20.5. The molecule has 2 unspecified atom stereocenters. The molecule has 0 aliphatic carbocycles. The van der Waals surface area contributed by atoms with E-state index in [1.54, 1.807) is 25.5 Å². The van der Waals surface area contributed by atoms with Crippen LogP contribution in [0.15, 0.2) is 49.1 Å². The van der Waals surface area contributed by atoms with Crippen LogP contribution in [0.4, 0.5) is 11.5 Å². The van der Waals surface area contributed by atoms with Crippen LogP contribution in [0.2, 0.25) is 0 Å². The number of hydrogen-bond donors (Lipinski definition) is 1. The molecule has 0 spiro atoms. The normalized spacial score (nSPS) is 18.1. The number of pyridine rings is 1. The van der Waals surface area contributed by atoms with Gasteiger partial charge in [-0.25, -0.2) is 9.97 Å². The van der Waals surface area contributed by atoms with E-state index in [1.807, 2.05) is 40.8 Å². The number of anilines is 2. The van der Waals surface area contributed by atoms with E-state index in [0.717, 1.165) is 29.1 Å². The van der Waals surface area contributed by atoms with Crippen molar-refractivity contribution in [2.75, 3.05) is 10.2 Å². The highest BCUT2D eigenvalue weighted by Gasteiger charge is 2.32. The van der Waals surface area contributed by atoms with Gasteiger partial charge in [0, 0.05) is 42.3 Å². The molecule has 3 aromatic rings. The van der Waals surface area contributed by atoms with Gasteiger partial charge < -0.3 is 14.8 Å². The van der Waals surface area contributed by atoms with E-state index in [2.05, 4.69) is 34.3 Å². The highest BCUT2D eigenvalue weighted by Crippen LogP contribution is 2.40. The minimum Gasteiger partial charge on any atom is -0.363 e. The second-order valence-electron chi connectivity index (χ2n) is 7.38. The Labute approximate surface area is 169 Å². The lowest BCUT2D eigenvalue weighted by molar-refractivity contribution is -0.117. The van der Waals surface area contributed by atoms with E-state index < -0.39 is 0 Å². The van der Waals surface area contributed by atoms with Crippen molar-refractivity contribution in [3.8, 4) is 11.8 Å². The number of carbonyl (C=O) groups is 1. The second-order valence-corrected chi connectivity index (χ2v) is 7.38. The molecule has 1 aromatic carbocycles. The predicted octanol–water partition coefficient (Wildman–Crippen LogP) is 3.75. The predicted molar refractivity (Wildman–Crippen MR) is 111 cm³/mol. The number of hydrogen-bond acceptors (Lipinski definition) is 5. The van der Waals surface area contributed by atoms with Gasteiger partial charge in [-0.1, -0.05) is 0 Å². The summed E-state index contributed by atoms with van der Waals surface area (Å²) in [6.45, 7) is 5.61. The lowest BCUT2D eigenvalue weighted by Gasteiger charge is -2.39. The minimum atomic E-state index is -0.0133. The van der Waals surface area contributed by atoms with Gasteiger partial charge in [0.1, 0.15) is 11.9 Å². The van der Waals surface area contributed by atoms with Crippen molar-refractivity contribution in [3.05, 3.63) is 65.9 Å². The molecule has 1 aliphatic heterocycles. The standard InChI is InChI=1S/C22H22N6O/c1-14-12-27(13-25-14)18-5-6-21-19(9-18)20(8-15(2)28(21)16(3)29)26-22-7-4-17(10-23)11-24-22/h4-7,9,11-13,15,20H,8H2,1-3H3,(H,24,26). The molecule has 1 N–H and O–H groups in total. The van der Waals surface area contributed by atoms with Crippen molar-refractivity contribution in [1.29, 1.82) is 5.26 Å². The lowest BCUT2D eigenvalue weighted by atomic mass is 9.91. The summed E-state index contributed by atoms with van der Waals surface area (Å²) in [5, 5.41) is 12.5. The summed E-state index contributed by atoms with van der Waals surface area (Å²) < 4.78 is 1.97. The average molecular weight is 386 g/mol. The first kappa shape index (κ1) is 18.7. The van der Waals surface area contributed by atoms with Gasteiger partial charge in [-0.15, -0.1) is 0 Å². The smallest absolute Gasteiger partial charge is 0.224 e. The molecular formula is C22H22N6O. The Morgan fingerprint density at radius 3 is 2.72 bits per heavy atom. The number of nitrogens with one attached hydrogen (secondary N) is 1. The quantitative estimate of drug-likeness (QED) is 0.741. The average Bonchev–Trinajstić information content (AvgIpc) is 3.14. The third-order valence-corrected chi connectivity index (χ3v) is 5.23. The van der Waals surface area contributed by atoms with Gasteiger partial charge in [-0.2, -0.15) is 5.26 Å². The monoisotopic (exact) mass is 386 g/mol. The number of aryl methyl sites for hydroxylation is 1. The Morgan fingerprint density at radius 1 is 1.28 bits per heavy atom. The van der Waals surface area contributed by atoms with Crippen molar-refractivity contribution in [3.63, 3.8) is 0 Å². The van der Waals surface area contributed by atoms with E-state index in [9.17, 15) is 4.79 Å². The van der Waals surface area contributed by atoms with Gasteiger partial charge in [0.25, 0.3) is 0 Å². The highest BCUT2D eigenvalue weighted by atomic mass is 16.2. The largest absolute Gasteiger partial charge is 0.363 e. The van der Waals surface area contributed by atoms with Gasteiger partial charge in [0.15, 0.2) is 0 Å². The molecular weight excluding hydrogens is 364 g/mol. The topological polar surface area (TPSA) is 86.8 Å². The molecule has 0 bridgehead atoms. The summed E-state index contributed by atoms with van der Waals surface area (Å²) in [5.41, 5.74) is 4.39. The molecule has 0 saturated carbocycles.